The number of nitrogens with one attached hydrogen (secondary N) is 1. The van der Waals surface area contributed by atoms with E-state index in [0.29, 0.717) is 17.5 Å². The minimum Gasteiger partial charge on any atom is -0.481 e. The van der Waals surface area contributed by atoms with E-state index in [0.717, 1.165) is 16.9 Å². The highest BCUT2D eigenvalue weighted by Crippen LogP contribution is 2.23. The summed E-state index contributed by atoms with van der Waals surface area (Å²) in [6.45, 7) is 2.13. The highest BCUT2D eigenvalue weighted by molar-refractivity contribution is 7.89. The normalized spacial score (nSPS) is 11.5. The van der Waals surface area contributed by atoms with Gasteiger partial charge in [-0.05, 0) is 30.2 Å². The van der Waals surface area contributed by atoms with Crippen LogP contribution >= 0.6 is 12.4 Å². The number of hydrogen-bond donors (Lipinski definition) is 3. The van der Waals surface area contributed by atoms with Crippen LogP contribution in [-0.4, -0.2) is 52.3 Å². The Bertz CT molecular complexity index is 1260. The van der Waals surface area contributed by atoms with Gasteiger partial charge in [-0.2, -0.15) is 4.31 Å². The van der Waals surface area contributed by atoms with Crippen molar-refractivity contribution < 1.29 is 18.3 Å². The number of aromatic nitrogens is 2. The molecule has 0 aliphatic rings. The summed E-state index contributed by atoms with van der Waals surface area (Å²) in [4.78, 5) is 15.5. The van der Waals surface area contributed by atoms with E-state index in [1.165, 1.54) is 4.31 Å². The molecule has 4 N–H and O–H groups in total. The molecule has 0 fully saturated rings. The molecular formula is C22H28ClN5O4S. The smallest absolute Gasteiger partial charge is 0.303 e. The van der Waals surface area contributed by atoms with Gasteiger partial charge in [0.1, 0.15) is 11.7 Å². The number of amidine groups is 1. The number of aryl methyl sites for hydroxylation is 1. The SMILES string of the molecule is CCN(CCCC(=O)O)S(=O)(=O)c1ccc2c(c1)nc(Cc1ccc(C(=N)N)cc1)n2C.Cl. The van der Waals surface area contributed by atoms with E-state index in [-0.39, 0.29) is 49.1 Å². The molecule has 1 heterocycles. The van der Waals surface area contributed by atoms with Gasteiger partial charge in [-0.25, -0.2) is 13.4 Å². The summed E-state index contributed by atoms with van der Waals surface area (Å²) in [6, 6.07) is 12.2. The Hall–Kier alpha value is -2.95. The van der Waals surface area contributed by atoms with E-state index in [1.54, 1.807) is 37.3 Å². The second kappa shape index (κ2) is 10.8. The number of sulfonamides is 1. The number of benzene rings is 2. The molecule has 3 rings (SSSR count). The molecule has 11 heteroatoms. The highest BCUT2D eigenvalue weighted by atomic mass is 35.5. The van der Waals surface area contributed by atoms with E-state index in [9.17, 15) is 13.2 Å². The summed E-state index contributed by atoms with van der Waals surface area (Å²) < 4.78 is 29.4. The number of rotatable bonds is 10. The lowest BCUT2D eigenvalue weighted by Crippen LogP contribution is -2.32. The summed E-state index contributed by atoms with van der Waals surface area (Å²) >= 11 is 0. The van der Waals surface area contributed by atoms with Crippen molar-refractivity contribution in [3.63, 3.8) is 0 Å². The van der Waals surface area contributed by atoms with Gasteiger partial charge in [-0.15, -0.1) is 12.4 Å². The summed E-state index contributed by atoms with van der Waals surface area (Å²) in [6.07, 6.45) is 0.713. The molecule has 0 bridgehead atoms. The number of imidazole rings is 1. The van der Waals surface area contributed by atoms with Crippen LogP contribution in [0.25, 0.3) is 11.0 Å². The standard InChI is InChI=1S/C22H27N5O4S.ClH/c1-3-27(12-4-5-21(28)29)32(30,31)17-10-11-19-18(14-17)25-20(26(19)2)13-15-6-8-16(9-7-15)22(23)24;/h6-11,14H,3-5,12-13H2,1-2H3,(H3,23,24)(H,28,29);1H. The lowest BCUT2D eigenvalue weighted by atomic mass is 10.1. The van der Waals surface area contributed by atoms with Gasteiger partial charge in [0, 0.05) is 38.5 Å². The summed E-state index contributed by atoms with van der Waals surface area (Å²) in [5.41, 5.74) is 8.54. The molecule has 0 radical (unpaired) electrons. The van der Waals surface area contributed by atoms with Gasteiger partial charge in [-0.1, -0.05) is 31.2 Å². The van der Waals surface area contributed by atoms with Gasteiger partial charge in [-0.3, -0.25) is 10.2 Å². The van der Waals surface area contributed by atoms with Crippen molar-refractivity contribution in [2.24, 2.45) is 12.8 Å². The van der Waals surface area contributed by atoms with Crippen LogP contribution < -0.4 is 5.73 Å². The average molecular weight is 494 g/mol. The number of nitrogen functional groups attached to an aromatic ring is 1. The number of hydrogen-bond acceptors (Lipinski definition) is 5. The van der Waals surface area contributed by atoms with Crippen LogP contribution in [0.15, 0.2) is 47.4 Å². The van der Waals surface area contributed by atoms with Crippen molar-refractivity contribution in [3.05, 3.63) is 59.4 Å². The van der Waals surface area contributed by atoms with Crippen LogP contribution in [0.2, 0.25) is 0 Å². The fraction of sp³-hybridized carbons (Fsp3) is 0.318. The molecule has 0 saturated heterocycles. The summed E-state index contributed by atoms with van der Waals surface area (Å²) in [5, 5.41) is 16.3. The first-order valence-electron chi connectivity index (χ1n) is 10.2. The molecule has 0 aliphatic carbocycles. The number of carbonyl (C=O) groups is 1. The van der Waals surface area contributed by atoms with Gasteiger partial charge >= 0.3 is 5.97 Å². The van der Waals surface area contributed by atoms with Gasteiger partial charge in [0.15, 0.2) is 0 Å². The molecule has 0 unspecified atom stereocenters. The number of carboxylic acid groups (broad SMARTS) is 1. The summed E-state index contributed by atoms with van der Waals surface area (Å²) in [5.74, 6) is -0.159. The van der Waals surface area contributed by atoms with Crippen molar-refractivity contribution in [1.82, 2.24) is 13.9 Å². The maximum Gasteiger partial charge on any atom is 0.303 e. The Balaban J connectivity index is 0.00000385. The predicted octanol–water partition coefficient (Wildman–Crippen LogP) is 2.75. The lowest BCUT2D eigenvalue weighted by molar-refractivity contribution is -0.137. The number of aliphatic carboxylic acids is 1. The molecule has 0 spiro atoms. The zero-order chi connectivity index (χ0) is 23.5. The fourth-order valence-corrected chi connectivity index (χ4v) is 5.04. The third-order valence-electron chi connectivity index (χ3n) is 5.36. The second-order valence-corrected chi connectivity index (χ2v) is 9.46. The van der Waals surface area contributed by atoms with E-state index in [4.69, 9.17) is 16.2 Å². The van der Waals surface area contributed by atoms with Gasteiger partial charge in [0.05, 0.1) is 15.9 Å². The minimum absolute atomic E-state index is 0. The Labute approximate surface area is 199 Å². The Kier molecular flexibility index (Phi) is 8.59. The molecule has 0 atom stereocenters. The predicted molar refractivity (Wildman–Crippen MR) is 130 cm³/mol. The molecule has 0 saturated carbocycles. The fourth-order valence-electron chi connectivity index (χ4n) is 3.54. The molecule has 9 nitrogen and oxygen atoms in total. The maximum absolute atomic E-state index is 13.1. The van der Waals surface area contributed by atoms with E-state index in [1.807, 2.05) is 23.7 Å². The van der Waals surface area contributed by atoms with Crippen LogP contribution in [0, 0.1) is 5.41 Å². The third kappa shape index (κ3) is 5.89. The van der Waals surface area contributed by atoms with Crippen molar-refractivity contribution >= 4 is 45.3 Å². The summed E-state index contributed by atoms with van der Waals surface area (Å²) in [7, 11) is -1.87. The lowest BCUT2D eigenvalue weighted by Gasteiger charge is -2.20. The number of fused-ring (bicyclic) bond motifs is 1. The highest BCUT2D eigenvalue weighted by Gasteiger charge is 2.24. The molecule has 3 aromatic rings. The molecule has 178 valence electrons. The van der Waals surface area contributed by atoms with Gasteiger partial charge in [0.2, 0.25) is 10.0 Å². The quantitative estimate of drug-likeness (QED) is 0.293. The van der Waals surface area contributed by atoms with Crippen molar-refractivity contribution in [2.75, 3.05) is 13.1 Å². The average Bonchev–Trinajstić information content (AvgIpc) is 3.06. The van der Waals surface area contributed by atoms with Gasteiger partial charge < -0.3 is 15.4 Å². The van der Waals surface area contributed by atoms with Crippen LogP contribution in [-0.2, 0) is 28.3 Å². The number of nitrogens with zero attached hydrogens (tertiary/aromatic N) is 3. The van der Waals surface area contributed by atoms with E-state index in [2.05, 4.69) is 4.98 Å². The molecular weight excluding hydrogens is 466 g/mol. The van der Waals surface area contributed by atoms with Crippen LogP contribution in [0.4, 0.5) is 0 Å². The Morgan fingerprint density at radius 3 is 2.45 bits per heavy atom. The number of halogens is 1. The van der Waals surface area contributed by atoms with Crippen molar-refractivity contribution in [2.45, 2.75) is 31.1 Å². The topological polar surface area (TPSA) is 142 Å². The largest absolute Gasteiger partial charge is 0.481 e. The van der Waals surface area contributed by atoms with Crippen molar-refractivity contribution in [1.29, 1.82) is 5.41 Å². The molecule has 33 heavy (non-hydrogen) atoms. The van der Waals surface area contributed by atoms with Gasteiger partial charge in [0.25, 0.3) is 0 Å². The Morgan fingerprint density at radius 1 is 1.21 bits per heavy atom. The minimum atomic E-state index is -3.76. The maximum atomic E-state index is 13.1. The zero-order valence-electron chi connectivity index (χ0n) is 18.5. The second-order valence-electron chi connectivity index (χ2n) is 7.52. The van der Waals surface area contributed by atoms with Crippen LogP contribution in [0.3, 0.4) is 0 Å². The third-order valence-corrected chi connectivity index (χ3v) is 7.33. The van der Waals surface area contributed by atoms with Crippen molar-refractivity contribution in [3.8, 4) is 0 Å². The molecule has 2 aromatic carbocycles. The first kappa shape index (κ1) is 26.3. The molecule has 0 amide bonds. The first-order valence-corrected chi connectivity index (χ1v) is 11.7. The van der Waals surface area contributed by atoms with E-state index < -0.39 is 16.0 Å². The van der Waals surface area contributed by atoms with Crippen LogP contribution in [0.5, 0.6) is 0 Å². The Morgan fingerprint density at radius 2 is 1.88 bits per heavy atom. The van der Waals surface area contributed by atoms with E-state index >= 15 is 0 Å². The monoisotopic (exact) mass is 493 g/mol. The molecule has 0 aliphatic heterocycles. The first-order chi connectivity index (χ1) is 15.1. The van der Waals surface area contributed by atoms with Crippen LogP contribution in [0.1, 0.15) is 36.7 Å². The zero-order valence-corrected chi connectivity index (χ0v) is 20.1. The number of carboxylic acids is 1. The molecule has 1 aromatic heterocycles. The number of nitrogens with two attached hydrogens (primary N) is 1.